The maximum absolute atomic E-state index is 13.7. The quantitative estimate of drug-likeness (QED) is 0.156. The van der Waals surface area contributed by atoms with E-state index in [-0.39, 0.29) is 22.2 Å². The molecule has 0 N–H and O–H groups in total. The molecule has 4 aromatic heterocycles. The smallest absolute Gasteiger partial charge is 0.183 e. The van der Waals surface area contributed by atoms with Gasteiger partial charge in [0.2, 0.25) is 0 Å². The van der Waals surface area contributed by atoms with Gasteiger partial charge in [0, 0.05) is 61.5 Å². The van der Waals surface area contributed by atoms with Crippen LogP contribution in [0.25, 0.3) is 122 Å². The Bertz CT molecular complexity index is 5990. The molecular formula is C91H78N6Si. The van der Waals surface area contributed by atoms with E-state index in [2.05, 4.69) is 357 Å². The van der Waals surface area contributed by atoms with Crippen LogP contribution < -0.4 is 25.6 Å². The van der Waals surface area contributed by atoms with Crippen molar-refractivity contribution in [2.45, 2.75) is 105 Å². The molecule has 18 rings (SSSR count). The van der Waals surface area contributed by atoms with Crippen molar-refractivity contribution < 1.29 is 0 Å². The largest absolute Gasteiger partial charge is 0.329 e. The summed E-state index contributed by atoms with van der Waals surface area (Å²) >= 11 is 0. The Balaban J connectivity index is 1.18. The van der Waals surface area contributed by atoms with Gasteiger partial charge in [-0.1, -0.05) is 252 Å². The van der Waals surface area contributed by atoms with Crippen molar-refractivity contribution in [1.29, 1.82) is 5.26 Å². The fourth-order valence-electron chi connectivity index (χ4n) is 17.4. The van der Waals surface area contributed by atoms with Gasteiger partial charge in [-0.15, -0.1) is 0 Å². The van der Waals surface area contributed by atoms with Crippen molar-refractivity contribution >= 4 is 112 Å². The number of fused-ring (bicyclic) bond motifs is 20. The Kier molecular flexibility index (Phi) is 12.7. The molecule has 1 unspecified atom stereocenters. The van der Waals surface area contributed by atoms with E-state index in [9.17, 15) is 5.26 Å². The molecule has 3 aliphatic heterocycles. The van der Waals surface area contributed by atoms with Gasteiger partial charge in [0.05, 0.1) is 61.4 Å². The summed E-state index contributed by atoms with van der Waals surface area (Å²) in [7, 11) is -3.17. The summed E-state index contributed by atoms with van der Waals surface area (Å²) in [6, 6.07) is 88.2. The molecule has 0 aliphatic carbocycles. The van der Waals surface area contributed by atoms with Crippen molar-refractivity contribution in [3.05, 3.63) is 271 Å². The lowest BCUT2D eigenvalue weighted by Crippen LogP contribution is -2.70. The molecular weight excluding hydrogens is 1210 g/mol. The Hall–Kier alpha value is -10.8. The van der Waals surface area contributed by atoms with Gasteiger partial charge in [0.1, 0.15) is 11.6 Å². The molecule has 1 spiro atoms. The van der Waals surface area contributed by atoms with Crippen LogP contribution in [0.2, 0.25) is 0 Å². The molecule has 0 amide bonds. The van der Waals surface area contributed by atoms with Crippen LogP contribution in [0.15, 0.2) is 243 Å². The number of hydrogen-bond acceptors (Lipinski definition) is 3. The molecule has 11 aromatic carbocycles. The van der Waals surface area contributed by atoms with E-state index in [1.54, 1.807) is 0 Å². The van der Waals surface area contributed by atoms with E-state index >= 15 is 0 Å². The summed E-state index contributed by atoms with van der Waals surface area (Å²) in [5.74, 6) is 0.0369. The molecule has 7 heterocycles. The highest BCUT2D eigenvalue weighted by atomic mass is 28.3. The number of anilines is 2. The third-order valence-electron chi connectivity index (χ3n) is 22.6. The van der Waals surface area contributed by atoms with Crippen molar-refractivity contribution in [1.82, 2.24) is 18.7 Å². The standard InChI is InChI=1S/C91H78N6Si/c1-55(2)91(12)48-47-56-27-13-20-34-71(56)97(91)87-83(70-53-93-54-81-82(70)65-33-19-26-40-80(65)98(81)78-38-24-17-31-63(78)64-32-18-25-39-79(64)98)86(96-74-37-23-16-30-62(74)68-51-59(90(9,10)11)43-46-77(68)96)84(94-72-35-21-14-28-60(72)66-49-57(88(3,4)5)41-44-75(66)94)69(52-92)85(87)95-73-36-22-15-29-61(73)67-50-58(89(6,7)8)42-45-76(67)95/h13-51,53-55H,1-12H3. The van der Waals surface area contributed by atoms with E-state index in [1.165, 1.54) is 59.7 Å². The van der Waals surface area contributed by atoms with E-state index in [4.69, 9.17) is 4.98 Å². The second kappa shape index (κ2) is 20.9. The van der Waals surface area contributed by atoms with Gasteiger partial charge in [-0.05, 0) is 155 Å². The summed E-state index contributed by atoms with van der Waals surface area (Å²) in [5.41, 5.74) is 21.8. The second-order valence-electron chi connectivity index (χ2n) is 31.4. The van der Waals surface area contributed by atoms with E-state index in [0.717, 1.165) is 111 Å². The summed E-state index contributed by atoms with van der Waals surface area (Å²) in [6.07, 6.45) is 9.25. The fourth-order valence-corrected chi connectivity index (χ4v) is 23.0. The average molecular weight is 1280 g/mol. The van der Waals surface area contributed by atoms with Crippen molar-refractivity contribution in [3.8, 4) is 56.5 Å². The third-order valence-corrected chi connectivity index (χ3v) is 27.5. The van der Waals surface area contributed by atoms with Crippen LogP contribution in [0, 0.1) is 17.2 Å². The molecule has 3 aliphatic rings. The lowest BCUT2D eigenvalue weighted by atomic mass is 9.80. The predicted molar refractivity (Wildman–Crippen MR) is 416 cm³/mol. The molecule has 476 valence electrons. The lowest BCUT2D eigenvalue weighted by molar-refractivity contribution is 0.411. The van der Waals surface area contributed by atoms with Crippen molar-refractivity contribution in [3.63, 3.8) is 0 Å². The number of hydrogen-bond donors (Lipinski definition) is 0. The Morgan fingerprint density at radius 3 is 1.27 bits per heavy atom. The molecule has 15 aromatic rings. The minimum absolute atomic E-state index is 0.0369. The number of nitriles is 1. The molecule has 1 atom stereocenters. The van der Waals surface area contributed by atoms with Crippen LogP contribution in [0.1, 0.15) is 111 Å². The first-order valence-electron chi connectivity index (χ1n) is 34.9. The topological polar surface area (TPSA) is 54.7 Å². The second-order valence-corrected chi connectivity index (χ2v) is 35.0. The molecule has 6 nitrogen and oxygen atoms in total. The van der Waals surface area contributed by atoms with Crippen molar-refractivity contribution in [2.24, 2.45) is 5.92 Å². The predicted octanol–water partition coefficient (Wildman–Crippen LogP) is 20.7. The summed E-state index contributed by atoms with van der Waals surface area (Å²) in [6.45, 7) is 27.9. The monoisotopic (exact) mass is 1280 g/mol. The highest BCUT2D eigenvalue weighted by molar-refractivity contribution is 7.24. The zero-order valence-corrected chi connectivity index (χ0v) is 58.9. The minimum atomic E-state index is -3.17. The lowest BCUT2D eigenvalue weighted by Gasteiger charge is -2.49. The maximum Gasteiger partial charge on any atom is 0.183 e. The van der Waals surface area contributed by atoms with Gasteiger partial charge in [0.15, 0.2) is 8.07 Å². The normalized spacial score (nSPS) is 15.5. The third kappa shape index (κ3) is 8.10. The first-order valence-corrected chi connectivity index (χ1v) is 36.9. The average Bonchev–Trinajstić information content (AvgIpc) is 1.50. The minimum Gasteiger partial charge on any atom is -0.329 e. The van der Waals surface area contributed by atoms with Gasteiger partial charge in [-0.2, -0.15) is 5.26 Å². The number of rotatable bonds is 6. The molecule has 0 saturated heterocycles. The zero-order valence-electron chi connectivity index (χ0n) is 57.9. The SMILES string of the molecule is CC(C)C1(C)C=Cc2ccccc2N1c1c(-c2cncc3c2-c2ccccc2[Si]32c3ccccc3-c3ccccc32)c(-n2c3ccccc3c3cc(C(C)(C)C)ccc32)c(-n2c3ccccc3c3cc(C(C)(C)C)ccc32)c(C#N)c1-n1c2ccccc2c2cc(C(C)(C)C)ccc21. The van der Waals surface area contributed by atoms with E-state index < -0.39 is 13.6 Å². The van der Waals surface area contributed by atoms with Crippen LogP contribution in [-0.2, 0) is 16.2 Å². The molecule has 0 bridgehead atoms. The number of aromatic nitrogens is 4. The first kappa shape index (κ1) is 59.7. The van der Waals surface area contributed by atoms with Crippen LogP contribution in [0.5, 0.6) is 0 Å². The van der Waals surface area contributed by atoms with Gasteiger partial charge in [-0.3, -0.25) is 4.98 Å². The molecule has 0 radical (unpaired) electrons. The molecule has 0 fully saturated rings. The van der Waals surface area contributed by atoms with Crippen LogP contribution in [-0.4, -0.2) is 32.3 Å². The molecule has 0 saturated carbocycles. The first-order chi connectivity index (χ1) is 47.2. The van der Waals surface area contributed by atoms with Gasteiger partial charge >= 0.3 is 0 Å². The Morgan fingerprint density at radius 1 is 0.398 bits per heavy atom. The number of para-hydroxylation sites is 4. The van der Waals surface area contributed by atoms with Crippen LogP contribution >= 0.6 is 0 Å². The highest BCUT2D eigenvalue weighted by Gasteiger charge is 2.55. The summed E-state index contributed by atoms with van der Waals surface area (Å²) < 4.78 is 7.57. The van der Waals surface area contributed by atoms with E-state index in [0.29, 0.717) is 5.56 Å². The van der Waals surface area contributed by atoms with Gasteiger partial charge < -0.3 is 18.6 Å². The Labute approximate surface area is 575 Å². The van der Waals surface area contributed by atoms with Crippen molar-refractivity contribution in [2.75, 3.05) is 4.90 Å². The zero-order chi connectivity index (χ0) is 67.3. The molecule has 98 heavy (non-hydrogen) atoms. The fraction of sp³-hybridized carbons (Fsp3) is 0.187. The van der Waals surface area contributed by atoms with Crippen LogP contribution in [0.3, 0.4) is 0 Å². The maximum atomic E-state index is 13.7. The number of nitrogens with zero attached hydrogens (tertiary/aromatic N) is 6. The number of pyridine rings is 1. The highest BCUT2D eigenvalue weighted by Crippen LogP contribution is 2.59. The Morgan fingerprint density at radius 2 is 0.796 bits per heavy atom. The summed E-state index contributed by atoms with van der Waals surface area (Å²) in [4.78, 5) is 8.45. The molecule has 7 heteroatoms. The summed E-state index contributed by atoms with van der Waals surface area (Å²) in [5, 5.41) is 25.8. The van der Waals surface area contributed by atoms with Gasteiger partial charge in [-0.25, -0.2) is 0 Å². The number of benzene rings is 11. The van der Waals surface area contributed by atoms with Crippen LogP contribution in [0.4, 0.5) is 11.4 Å². The van der Waals surface area contributed by atoms with Gasteiger partial charge in [0.25, 0.3) is 0 Å². The van der Waals surface area contributed by atoms with E-state index in [1.807, 2.05) is 0 Å².